The topological polar surface area (TPSA) is 35.2 Å². The van der Waals surface area contributed by atoms with Gasteiger partial charge in [-0.2, -0.15) is 0 Å². The first-order valence-electron chi connectivity index (χ1n) is 4.13. The molecule has 0 bridgehead atoms. The van der Waals surface area contributed by atoms with Gasteiger partial charge in [0.05, 0.1) is 11.3 Å². The van der Waals surface area contributed by atoms with Crippen molar-refractivity contribution in [2.75, 3.05) is 13.4 Å². The summed E-state index contributed by atoms with van der Waals surface area (Å²) in [5.74, 6) is 0. The summed E-state index contributed by atoms with van der Waals surface area (Å²) in [5.41, 5.74) is 6.97. The van der Waals surface area contributed by atoms with Crippen molar-refractivity contribution in [3.63, 3.8) is 0 Å². The molecule has 0 spiro atoms. The van der Waals surface area contributed by atoms with Gasteiger partial charge < -0.3 is 10.5 Å². The molecule has 1 atom stereocenters. The molecule has 0 saturated carbocycles. The lowest BCUT2D eigenvalue weighted by molar-refractivity contribution is 0.421. The summed E-state index contributed by atoms with van der Waals surface area (Å²) >= 11 is 3.43. The van der Waals surface area contributed by atoms with Crippen molar-refractivity contribution in [1.82, 2.24) is 0 Å². The van der Waals surface area contributed by atoms with Crippen LogP contribution < -0.4 is 10.5 Å². The van der Waals surface area contributed by atoms with Gasteiger partial charge in [-0.1, -0.05) is 11.3 Å². The zero-order valence-electron chi connectivity index (χ0n) is 8.57. The smallest absolute Gasteiger partial charge is 0.177 e. The van der Waals surface area contributed by atoms with E-state index in [1.165, 1.54) is 9.77 Å². The number of hydrogen-bond donors (Lipinski definition) is 1. The van der Waals surface area contributed by atoms with Gasteiger partial charge in [0.2, 0.25) is 0 Å². The van der Waals surface area contributed by atoms with E-state index >= 15 is 0 Å². The zero-order valence-corrected chi connectivity index (χ0v) is 11.0. The zero-order chi connectivity index (χ0) is 9.84. The quantitative estimate of drug-likeness (QED) is 0.839. The Kier molecular flexibility index (Phi) is 6.61. The van der Waals surface area contributed by atoms with Gasteiger partial charge in [-0.15, -0.1) is 24.2 Å². The third kappa shape index (κ3) is 3.69. The average molecular weight is 254 g/mol. The van der Waals surface area contributed by atoms with Crippen LogP contribution in [0.1, 0.15) is 12.5 Å². The van der Waals surface area contributed by atoms with E-state index in [0.717, 1.165) is 11.5 Å². The molecule has 0 aromatic carbocycles. The Bertz CT molecular complexity index is 276. The Morgan fingerprint density at radius 2 is 2.29 bits per heavy atom. The van der Waals surface area contributed by atoms with Gasteiger partial charge in [0.15, 0.2) is 5.06 Å². The van der Waals surface area contributed by atoms with Gasteiger partial charge in [0, 0.05) is 11.6 Å². The lowest BCUT2D eigenvalue weighted by Crippen LogP contribution is -2.17. The van der Waals surface area contributed by atoms with Crippen molar-refractivity contribution in [3.8, 4) is 5.06 Å². The highest BCUT2D eigenvalue weighted by Gasteiger charge is 2.10. The van der Waals surface area contributed by atoms with Crippen molar-refractivity contribution < 1.29 is 4.74 Å². The maximum absolute atomic E-state index is 5.74. The van der Waals surface area contributed by atoms with Crippen LogP contribution >= 0.6 is 35.5 Å². The van der Waals surface area contributed by atoms with Crippen LogP contribution in [0.2, 0.25) is 0 Å². The van der Waals surface area contributed by atoms with Crippen molar-refractivity contribution in [1.29, 1.82) is 0 Å². The lowest BCUT2D eigenvalue weighted by atomic mass is 10.1. The Labute approximate surface area is 99.6 Å². The molecule has 0 saturated heterocycles. The van der Waals surface area contributed by atoms with Crippen LogP contribution in [0.25, 0.3) is 0 Å². The Morgan fingerprint density at radius 3 is 2.71 bits per heavy atom. The predicted molar refractivity (Wildman–Crippen MR) is 67.3 cm³/mol. The molecular weight excluding hydrogens is 238 g/mol. The number of halogens is 1. The highest BCUT2D eigenvalue weighted by Crippen LogP contribution is 2.35. The fourth-order valence-electron chi connectivity index (χ4n) is 1.15. The first-order valence-corrected chi connectivity index (χ1v) is 6.17. The lowest BCUT2D eigenvalue weighted by Gasteiger charge is -2.04. The molecule has 14 heavy (non-hydrogen) atoms. The molecule has 1 rings (SSSR count). The SMILES string of the molecule is COc1sc(SC)cc1CC(C)N.Cl. The minimum Gasteiger partial charge on any atom is -0.487 e. The van der Waals surface area contributed by atoms with E-state index in [4.69, 9.17) is 10.5 Å². The van der Waals surface area contributed by atoms with Gasteiger partial charge in [0.25, 0.3) is 0 Å². The minimum atomic E-state index is 0. The van der Waals surface area contributed by atoms with Crippen LogP contribution in [0.3, 0.4) is 0 Å². The molecular formula is C9H16ClNOS2. The average Bonchev–Trinajstić information content (AvgIpc) is 2.46. The highest BCUT2D eigenvalue weighted by molar-refractivity contribution is 8.00. The second-order valence-corrected chi connectivity index (χ2v) is 5.09. The van der Waals surface area contributed by atoms with Crippen molar-refractivity contribution >= 4 is 35.5 Å². The summed E-state index contributed by atoms with van der Waals surface area (Å²) < 4.78 is 6.56. The molecule has 82 valence electrons. The first-order chi connectivity index (χ1) is 6.17. The molecule has 1 aromatic rings. The van der Waals surface area contributed by atoms with E-state index in [1.807, 2.05) is 6.92 Å². The summed E-state index contributed by atoms with van der Waals surface area (Å²) in [5, 5.41) is 1.00. The molecule has 0 radical (unpaired) electrons. The highest BCUT2D eigenvalue weighted by atomic mass is 35.5. The van der Waals surface area contributed by atoms with E-state index in [2.05, 4.69) is 12.3 Å². The second-order valence-electron chi connectivity index (χ2n) is 2.97. The molecule has 2 nitrogen and oxygen atoms in total. The van der Waals surface area contributed by atoms with E-state index in [0.29, 0.717) is 0 Å². The molecule has 0 aliphatic heterocycles. The van der Waals surface area contributed by atoms with E-state index in [9.17, 15) is 0 Å². The predicted octanol–water partition coefficient (Wildman–Crippen LogP) is 2.79. The van der Waals surface area contributed by atoms with Gasteiger partial charge in [0.1, 0.15) is 0 Å². The molecule has 0 fully saturated rings. The van der Waals surface area contributed by atoms with Crippen LogP contribution in [0.15, 0.2) is 10.3 Å². The normalized spacial score (nSPS) is 12.0. The molecule has 5 heteroatoms. The van der Waals surface area contributed by atoms with Crippen LogP contribution in [-0.2, 0) is 6.42 Å². The van der Waals surface area contributed by atoms with E-state index < -0.39 is 0 Å². The van der Waals surface area contributed by atoms with Gasteiger partial charge in [-0.3, -0.25) is 0 Å². The molecule has 0 amide bonds. The van der Waals surface area contributed by atoms with E-state index in [1.54, 1.807) is 30.2 Å². The Hall–Kier alpha value is 0.1000. The molecule has 1 aromatic heterocycles. The van der Waals surface area contributed by atoms with Gasteiger partial charge >= 0.3 is 0 Å². The van der Waals surface area contributed by atoms with Crippen LogP contribution in [0, 0.1) is 0 Å². The number of rotatable bonds is 4. The molecule has 1 heterocycles. The maximum Gasteiger partial charge on any atom is 0.177 e. The van der Waals surface area contributed by atoms with Crippen molar-refractivity contribution in [2.45, 2.75) is 23.6 Å². The van der Waals surface area contributed by atoms with Crippen LogP contribution in [0.5, 0.6) is 5.06 Å². The number of ether oxygens (including phenoxy) is 1. The largest absolute Gasteiger partial charge is 0.487 e. The van der Waals surface area contributed by atoms with Gasteiger partial charge in [-0.05, 0) is 25.7 Å². The summed E-state index contributed by atoms with van der Waals surface area (Å²) in [6.07, 6.45) is 2.96. The van der Waals surface area contributed by atoms with Crippen molar-refractivity contribution in [2.24, 2.45) is 5.73 Å². The number of hydrogen-bond acceptors (Lipinski definition) is 4. The maximum atomic E-state index is 5.74. The van der Waals surface area contributed by atoms with Gasteiger partial charge in [-0.25, -0.2) is 0 Å². The summed E-state index contributed by atoms with van der Waals surface area (Å²) in [7, 11) is 1.71. The third-order valence-corrected chi connectivity index (χ3v) is 3.88. The molecule has 1 unspecified atom stereocenters. The summed E-state index contributed by atoms with van der Waals surface area (Å²) in [4.78, 5) is 0. The standard InChI is InChI=1S/C9H15NOS2.ClH/c1-6(10)4-7-5-8(12-3)13-9(7)11-2;/h5-6H,4,10H2,1-3H3;1H. The minimum absolute atomic E-state index is 0. The van der Waals surface area contributed by atoms with Crippen LogP contribution in [0.4, 0.5) is 0 Å². The third-order valence-electron chi connectivity index (χ3n) is 1.68. The fraction of sp³-hybridized carbons (Fsp3) is 0.556. The number of methoxy groups -OCH3 is 1. The first kappa shape index (κ1) is 14.1. The fourth-order valence-corrected chi connectivity index (χ4v) is 2.71. The number of nitrogens with two attached hydrogens (primary N) is 1. The Morgan fingerprint density at radius 1 is 1.64 bits per heavy atom. The van der Waals surface area contributed by atoms with E-state index in [-0.39, 0.29) is 18.4 Å². The Balaban J connectivity index is 0.00000169. The molecule has 0 aliphatic carbocycles. The summed E-state index contributed by atoms with van der Waals surface area (Å²) in [6.45, 7) is 2.01. The second kappa shape index (κ2) is 6.56. The number of thioether (sulfide) groups is 1. The van der Waals surface area contributed by atoms with Crippen molar-refractivity contribution in [3.05, 3.63) is 11.6 Å². The number of thiophene rings is 1. The molecule has 2 N–H and O–H groups in total. The summed E-state index contributed by atoms with van der Waals surface area (Å²) in [6, 6.07) is 2.36. The monoisotopic (exact) mass is 253 g/mol. The van der Waals surface area contributed by atoms with Crippen LogP contribution in [-0.4, -0.2) is 19.4 Å². The molecule has 0 aliphatic rings.